The van der Waals surface area contributed by atoms with E-state index in [0.717, 1.165) is 0 Å². The van der Waals surface area contributed by atoms with Gasteiger partial charge < -0.3 is 16.4 Å². The number of nitrogens with two attached hydrogens (primary N) is 1. The van der Waals surface area contributed by atoms with E-state index in [4.69, 9.17) is 5.73 Å². The summed E-state index contributed by atoms with van der Waals surface area (Å²) in [6.45, 7) is -0.329. The molecule has 0 saturated heterocycles. The van der Waals surface area contributed by atoms with Crippen LogP contribution in [0.25, 0.3) is 10.9 Å². The molecule has 0 saturated carbocycles. The second-order valence-electron chi connectivity index (χ2n) is 5.04. The zero-order valence-electron chi connectivity index (χ0n) is 12.8. The summed E-state index contributed by atoms with van der Waals surface area (Å²) in [6, 6.07) is 7.05. The Labute approximate surface area is 140 Å². The van der Waals surface area contributed by atoms with Crippen LogP contribution in [0.4, 0.5) is 5.69 Å². The van der Waals surface area contributed by atoms with Gasteiger partial charge >= 0.3 is 0 Å². The number of anilines is 1. The Bertz CT molecular complexity index is 961. The van der Waals surface area contributed by atoms with Crippen LogP contribution < -0.4 is 16.4 Å². The zero-order valence-corrected chi connectivity index (χ0v) is 12.8. The highest BCUT2D eigenvalue weighted by molar-refractivity contribution is 6.13. The van der Waals surface area contributed by atoms with Crippen molar-refractivity contribution in [3.05, 3.63) is 47.9 Å². The first-order valence-electron chi connectivity index (χ1n) is 7.18. The number of carbonyl (C=O) groups is 3. The number of aromatic nitrogens is 4. The Morgan fingerprint density at radius 1 is 1.12 bits per heavy atom. The van der Waals surface area contributed by atoms with Gasteiger partial charge in [-0.2, -0.15) is 15.3 Å². The largest absolute Gasteiger partial charge is 0.368 e. The highest BCUT2D eigenvalue weighted by Gasteiger charge is 2.18. The summed E-state index contributed by atoms with van der Waals surface area (Å²) in [5.74, 6) is -1.78. The fourth-order valence-corrected chi connectivity index (χ4v) is 2.19. The first-order valence-corrected chi connectivity index (χ1v) is 7.18. The number of hydrogen-bond donors (Lipinski definition) is 4. The Hall–Kier alpha value is -3.82. The summed E-state index contributed by atoms with van der Waals surface area (Å²) in [6.07, 6.45) is 2.62. The Balaban J connectivity index is 1.83. The molecule has 25 heavy (non-hydrogen) atoms. The van der Waals surface area contributed by atoms with Gasteiger partial charge in [-0.05, 0) is 6.07 Å². The van der Waals surface area contributed by atoms with Crippen molar-refractivity contribution in [1.29, 1.82) is 0 Å². The smallest absolute Gasteiger partial charge is 0.271 e. The molecule has 0 aliphatic rings. The predicted octanol–water partition coefficient (Wildman–Crippen LogP) is -0.180. The normalized spacial score (nSPS) is 10.4. The van der Waals surface area contributed by atoms with Crippen molar-refractivity contribution >= 4 is 34.3 Å². The minimum Gasteiger partial charge on any atom is -0.368 e. The number of benzene rings is 1. The number of hydrogen-bond acceptors (Lipinski definition) is 6. The molecular formula is C15H13N7O3. The monoisotopic (exact) mass is 339 g/mol. The van der Waals surface area contributed by atoms with Crippen LogP contribution in [0, 0.1) is 0 Å². The van der Waals surface area contributed by atoms with Gasteiger partial charge in [0.2, 0.25) is 5.91 Å². The summed E-state index contributed by atoms with van der Waals surface area (Å²) in [4.78, 5) is 35.3. The molecule has 0 bridgehead atoms. The molecule has 2 aromatic heterocycles. The van der Waals surface area contributed by atoms with Gasteiger partial charge in [0.25, 0.3) is 11.8 Å². The molecule has 0 aliphatic carbocycles. The lowest BCUT2D eigenvalue weighted by molar-refractivity contribution is -0.117. The molecular weight excluding hydrogens is 326 g/mol. The Morgan fingerprint density at radius 3 is 2.72 bits per heavy atom. The molecule has 0 radical (unpaired) electrons. The Kier molecular flexibility index (Phi) is 4.33. The van der Waals surface area contributed by atoms with E-state index in [1.54, 1.807) is 24.3 Å². The van der Waals surface area contributed by atoms with Crippen LogP contribution in [-0.4, -0.2) is 44.7 Å². The maximum absolute atomic E-state index is 12.5. The van der Waals surface area contributed by atoms with Crippen molar-refractivity contribution in [1.82, 2.24) is 25.7 Å². The van der Waals surface area contributed by atoms with Crippen molar-refractivity contribution in [2.75, 3.05) is 11.9 Å². The number of amides is 3. The molecule has 3 aromatic rings. The van der Waals surface area contributed by atoms with Gasteiger partial charge in [0.1, 0.15) is 5.69 Å². The van der Waals surface area contributed by atoms with E-state index in [0.29, 0.717) is 16.5 Å². The third-order valence-electron chi connectivity index (χ3n) is 3.33. The van der Waals surface area contributed by atoms with E-state index in [-0.39, 0.29) is 17.9 Å². The number of carbonyl (C=O) groups excluding carboxylic acids is 3. The second kappa shape index (κ2) is 6.74. The number of rotatable bonds is 5. The van der Waals surface area contributed by atoms with Gasteiger partial charge in [-0.15, -0.1) is 0 Å². The molecule has 5 N–H and O–H groups in total. The fourth-order valence-electron chi connectivity index (χ4n) is 2.19. The highest BCUT2D eigenvalue weighted by atomic mass is 16.2. The van der Waals surface area contributed by atoms with Crippen LogP contribution in [0.15, 0.2) is 36.7 Å². The zero-order chi connectivity index (χ0) is 17.8. The molecule has 126 valence electrons. The second-order valence-corrected chi connectivity index (χ2v) is 5.04. The van der Waals surface area contributed by atoms with Crippen LogP contribution in [0.1, 0.15) is 20.8 Å². The summed E-state index contributed by atoms with van der Waals surface area (Å²) in [5.41, 5.74) is 6.01. The predicted molar refractivity (Wildman–Crippen MR) is 87.6 cm³/mol. The first-order chi connectivity index (χ1) is 12.1. The van der Waals surface area contributed by atoms with E-state index in [9.17, 15) is 14.4 Å². The molecule has 0 unspecified atom stereocenters. The number of nitrogens with zero attached hydrogens (tertiary/aromatic N) is 3. The van der Waals surface area contributed by atoms with Crippen molar-refractivity contribution in [2.45, 2.75) is 0 Å². The number of aromatic amines is 1. The summed E-state index contributed by atoms with van der Waals surface area (Å²) in [7, 11) is 0. The molecule has 3 amide bonds. The van der Waals surface area contributed by atoms with Crippen LogP contribution >= 0.6 is 0 Å². The van der Waals surface area contributed by atoms with Gasteiger partial charge in [-0.25, -0.2) is 0 Å². The number of H-pyrrole nitrogens is 1. The van der Waals surface area contributed by atoms with Gasteiger partial charge in [-0.1, -0.05) is 18.2 Å². The van der Waals surface area contributed by atoms with Gasteiger partial charge in [0, 0.05) is 5.39 Å². The lowest BCUT2D eigenvalue weighted by Gasteiger charge is -2.07. The van der Waals surface area contributed by atoms with E-state index < -0.39 is 17.7 Å². The molecule has 0 spiro atoms. The van der Waals surface area contributed by atoms with Crippen LogP contribution in [0.5, 0.6) is 0 Å². The van der Waals surface area contributed by atoms with Crippen molar-refractivity contribution in [3.63, 3.8) is 0 Å². The summed E-state index contributed by atoms with van der Waals surface area (Å²) in [5, 5.41) is 19.5. The average molecular weight is 339 g/mol. The van der Waals surface area contributed by atoms with Gasteiger partial charge in [0.15, 0.2) is 0 Å². The summed E-state index contributed by atoms with van der Waals surface area (Å²) < 4.78 is 0. The summed E-state index contributed by atoms with van der Waals surface area (Å²) >= 11 is 0. The van der Waals surface area contributed by atoms with Crippen molar-refractivity contribution < 1.29 is 14.4 Å². The molecule has 1 aromatic carbocycles. The van der Waals surface area contributed by atoms with Gasteiger partial charge in [-0.3, -0.25) is 19.5 Å². The lowest BCUT2D eigenvalue weighted by Crippen LogP contribution is -2.34. The quantitative estimate of drug-likeness (QED) is 0.505. The maximum atomic E-state index is 12.5. The third-order valence-corrected chi connectivity index (χ3v) is 3.33. The fraction of sp³-hybridized carbons (Fsp3) is 0.0667. The lowest BCUT2D eigenvalue weighted by atomic mass is 10.1. The SMILES string of the molecule is NC(=O)CNC(=O)c1[nH]ncc1NC(=O)c1cnnc2ccccc12. The highest BCUT2D eigenvalue weighted by Crippen LogP contribution is 2.18. The van der Waals surface area contributed by atoms with Crippen LogP contribution in [0.2, 0.25) is 0 Å². The molecule has 0 atom stereocenters. The molecule has 0 aliphatic heterocycles. The van der Waals surface area contributed by atoms with E-state index >= 15 is 0 Å². The van der Waals surface area contributed by atoms with Crippen LogP contribution in [0.3, 0.4) is 0 Å². The number of primary amides is 1. The molecule has 10 nitrogen and oxygen atoms in total. The van der Waals surface area contributed by atoms with E-state index in [1.807, 2.05) is 0 Å². The minimum absolute atomic E-state index is 0.000853. The van der Waals surface area contributed by atoms with Crippen molar-refractivity contribution in [2.24, 2.45) is 5.73 Å². The van der Waals surface area contributed by atoms with Crippen LogP contribution in [-0.2, 0) is 4.79 Å². The topological polar surface area (TPSA) is 156 Å². The number of fused-ring (bicyclic) bond motifs is 1. The maximum Gasteiger partial charge on any atom is 0.271 e. The van der Waals surface area contributed by atoms with E-state index in [1.165, 1.54) is 12.4 Å². The van der Waals surface area contributed by atoms with Crippen molar-refractivity contribution in [3.8, 4) is 0 Å². The van der Waals surface area contributed by atoms with Gasteiger partial charge in [0.05, 0.1) is 35.7 Å². The number of nitrogens with one attached hydrogen (secondary N) is 3. The molecule has 3 rings (SSSR count). The molecule has 0 fully saturated rings. The average Bonchev–Trinajstić information content (AvgIpc) is 3.07. The minimum atomic E-state index is -0.687. The van der Waals surface area contributed by atoms with E-state index in [2.05, 4.69) is 31.0 Å². The molecule has 2 heterocycles. The molecule has 10 heteroatoms. The first kappa shape index (κ1) is 16.1. The standard InChI is InChI=1S/C15H13N7O3/c16-12(23)7-17-15(25)13-11(6-19-22-13)20-14(24)9-5-18-21-10-4-2-1-3-8(9)10/h1-6H,7H2,(H2,16,23)(H,17,25)(H,19,22)(H,20,24). The third kappa shape index (κ3) is 3.42. The Morgan fingerprint density at radius 2 is 1.92 bits per heavy atom.